The Labute approximate surface area is 127 Å². The standard InChI is InChI=1S/C20H22O/c1-20(21,16-8-14-18-10-4-2-5-11-18)17-9-15-19-12-6-3-7-13-19/h2-15,21H,16-17H2,1H3/b14-8+,15-9+. The summed E-state index contributed by atoms with van der Waals surface area (Å²) in [6, 6.07) is 20.3. The van der Waals surface area contributed by atoms with Gasteiger partial charge in [-0.15, -0.1) is 0 Å². The van der Waals surface area contributed by atoms with Crippen LogP contribution in [-0.4, -0.2) is 10.7 Å². The molecular weight excluding hydrogens is 256 g/mol. The van der Waals surface area contributed by atoms with Crippen LogP contribution in [0.4, 0.5) is 0 Å². The van der Waals surface area contributed by atoms with Crippen molar-refractivity contribution in [2.45, 2.75) is 25.4 Å². The van der Waals surface area contributed by atoms with E-state index in [1.807, 2.05) is 55.5 Å². The summed E-state index contributed by atoms with van der Waals surface area (Å²) in [5.41, 5.74) is 1.61. The molecule has 0 heterocycles. The Morgan fingerprint density at radius 3 is 1.52 bits per heavy atom. The molecule has 0 radical (unpaired) electrons. The van der Waals surface area contributed by atoms with Gasteiger partial charge in [0.1, 0.15) is 0 Å². The number of hydrogen-bond donors (Lipinski definition) is 1. The average molecular weight is 278 g/mol. The fraction of sp³-hybridized carbons (Fsp3) is 0.200. The van der Waals surface area contributed by atoms with E-state index in [1.165, 1.54) is 0 Å². The molecule has 1 heteroatoms. The molecule has 0 atom stereocenters. The van der Waals surface area contributed by atoms with E-state index in [4.69, 9.17) is 0 Å². The van der Waals surface area contributed by atoms with Gasteiger partial charge in [0, 0.05) is 0 Å². The lowest BCUT2D eigenvalue weighted by Gasteiger charge is -2.19. The average Bonchev–Trinajstić information content (AvgIpc) is 2.49. The highest BCUT2D eigenvalue weighted by molar-refractivity contribution is 5.49. The monoisotopic (exact) mass is 278 g/mol. The molecule has 0 fully saturated rings. The molecule has 0 saturated carbocycles. The van der Waals surface area contributed by atoms with E-state index in [0.29, 0.717) is 12.8 Å². The van der Waals surface area contributed by atoms with Gasteiger partial charge < -0.3 is 5.11 Å². The quantitative estimate of drug-likeness (QED) is 0.793. The summed E-state index contributed by atoms with van der Waals surface area (Å²) in [5, 5.41) is 10.4. The Morgan fingerprint density at radius 1 is 0.762 bits per heavy atom. The molecule has 0 aromatic heterocycles. The SMILES string of the molecule is CC(O)(C/C=C/c1ccccc1)C/C=C/c1ccccc1. The Kier molecular flexibility index (Phi) is 5.53. The first-order valence-electron chi connectivity index (χ1n) is 7.31. The van der Waals surface area contributed by atoms with Gasteiger partial charge in [0.2, 0.25) is 0 Å². The summed E-state index contributed by atoms with van der Waals surface area (Å²) in [7, 11) is 0. The first-order chi connectivity index (χ1) is 10.2. The number of rotatable bonds is 6. The summed E-state index contributed by atoms with van der Waals surface area (Å²) in [6.07, 6.45) is 9.45. The molecule has 0 saturated heterocycles. The molecule has 108 valence electrons. The molecule has 0 aliphatic carbocycles. The maximum atomic E-state index is 10.4. The highest BCUT2D eigenvalue weighted by atomic mass is 16.3. The summed E-state index contributed by atoms with van der Waals surface area (Å²) < 4.78 is 0. The third-order valence-corrected chi connectivity index (χ3v) is 3.33. The van der Waals surface area contributed by atoms with Gasteiger partial charge >= 0.3 is 0 Å². The molecule has 0 amide bonds. The van der Waals surface area contributed by atoms with Crippen molar-refractivity contribution in [3.8, 4) is 0 Å². The van der Waals surface area contributed by atoms with Crippen LogP contribution in [0.5, 0.6) is 0 Å². The Hall–Kier alpha value is -2.12. The molecule has 0 bridgehead atoms. The zero-order valence-corrected chi connectivity index (χ0v) is 12.4. The third-order valence-electron chi connectivity index (χ3n) is 3.33. The molecule has 0 aliphatic heterocycles. The van der Waals surface area contributed by atoms with Crippen molar-refractivity contribution in [1.82, 2.24) is 0 Å². The topological polar surface area (TPSA) is 20.2 Å². The maximum absolute atomic E-state index is 10.4. The predicted octanol–water partition coefficient (Wildman–Crippen LogP) is 4.94. The summed E-state index contributed by atoms with van der Waals surface area (Å²) >= 11 is 0. The van der Waals surface area contributed by atoms with Crippen molar-refractivity contribution < 1.29 is 5.11 Å². The molecular formula is C20H22O. The minimum absolute atomic E-state index is 0.640. The summed E-state index contributed by atoms with van der Waals surface area (Å²) in [4.78, 5) is 0. The zero-order chi connectivity index (χ0) is 15.0. The van der Waals surface area contributed by atoms with Crippen LogP contribution in [0.15, 0.2) is 72.8 Å². The van der Waals surface area contributed by atoms with Crippen LogP contribution >= 0.6 is 0 Å². The lowest BCUT2D eigenvalue weighted by Crippen LogP contribution is -2.21. The second-order valence-corrected chi connectivity index (χ2v) is 5.53. The largest absolute Gasteiger partial charge is 0.390 e. The number of benzene rings is 2. The van der Waals surface area contributed by atoms with Crippen LogP contribution in [-0.2, 0) is 0 Å². The number of hydrogen-bond acceptors (Lipinski definition) is 1. The van der Waals surface area contributed by atoms with Gasteiger partial charge in [-0.05, 0) is 30.9 Å². The first-order valence-corrected chi connectivity index (χ1v) is 7.31. The summed E-state index contributed by atoms with van der Waals surface area (Å²) in [6.45, 7) is 1.87. The van der Waals surface area contributed by atoms with Crippen LogP contribution < -0.4 is 0 Å². The van der Waals surface area contributed by atoms with Crippen molar-refractivity contribution in [2.75, 3.05) is 0 Å². The van der Waals surface area contributed by atoms with Gasteiger partial charge in [0.15, 0.2) is 0 Å². The smallest absolute Gasteiger partial charge is 0.0688 e. The lowest BCUT2D eigenvalue weighted by atomic mass is 9.96. The van der Waals surface area contributed by atoms with Crippen LogP contribution in [0, 0.1) is 0 Å². The highest BCUT2D eigenvalue weighted by Crippen LogP contribution is 2.17. The van der Waals surface area contributed by atoms with Crippen molar-refractivity contribution in [3.05, 3.63) is 83.9 Å². The van der Waals surface area contributed by atoms with E-state index in [-0.39, 0.29) is 0 Å². The van der Waals surface area contributed by atoms with Crippen LogP contribution in [0.25, 0.3) is 12.2 Å². The minimum atomic E-state index is -0.712. The highest BCUT2D eigenvalue weighted by Gasteiger charge is 2.15. The van der Waals surface area contributed by atoms with E-state index in [0.717, 1.165) is 11.1 Å². The Morgan fingerprint density at radius 2 is 1.14 bits per heavy atom. The lowest BCUT2D eigenvalue weighted by molar-refractivity contribution is 0.0668. The fourth-order valence-electron chi connectivity index (χ4n) is 2.11. The molecule has 1 N–H and O–H groups in total. The van der Waals surface area contributed by atoms with Gasteiger partial charge in [0.05, 0.1) is 5.60 Å². The second kappa shape index (κ2) is 7.61. The van der Waals surface area contributed by atoms with E-state index in [1.54, 1.807) is 0 Å². The molecule has 0 aliphatic rings. The first kappa shape index (κ1) is 15.3. The normalized spacial score (nSPS) is 12.3. The second-order valence-electron chi connectivity index (χ2n) is 5.53. The maximum Gasteiger partial charge on any atom is 0.0688 e. The van der Waals surface area contributed by atoms with E-state index in [2.05, 4.69) is 36.4 Å². The predicted molar refractivity (Wildman–Crippen MR) is 90.8 cm³/mol. The molecule has 1 nitrogen and oxygen atoms in total. The van der Waals surface area contributed by atoms with Crippen molar-refractivity contribution in [1.29, 1.82) is 0 Å². The van der Waals surface area contributed by atoms with Gasteiger partial charge in [-0.1, -0.05) is 85.0 Å². The molecule has 21 heavy (non-hydrogen) atoms. The fourth-order valence-corrected chi connectivity index (χ4v) is 2.11. The van der Waals surface area contributed by atoms with Gasteiger partial charge in [-0.25, -0.2) is 0 Å². The van der Waals surface area contributed by atoms with Gasteiger partial charge in [-0.2, -0.15) is 0 Å². The minimum Gasteiger partial charge on any atom is -0.390 e. The van der Waals surface area contributed by atoms with Crippen molar-refractivity contribution >= 4 is 12.2 Å². The van der Waals surface area contributed by atoms with Crippen molar-refractivity contribution in [3.63, 3.8) is 0 Å². The molecule has 0 spiro atoms. The molecule has 2 aromatic rings. The Bertz CT molecular complexity index is 526. The van der Waals surface area contributed by atoms with E-state index >= 15 is 0 Å². The molecule has 2 rings (SSSR count). The zero-order valence-electron chi connectivity index (χ0n) is 12.4. The summed E-state index contributed by atoms with van der Waals surface area (Å²) in [5.74, 6) is 0. The molecule has 0 unspecified atom stereocenters. The van der Waals surface area contributed by atoms with Crippen LogP contribution in [0.1, 0.15) is 30.9 Å². The van der Waals surface area contributed by atoms with Crippen LogP contribution in [0.2, 0.25) is 0 Å². The van der Waals surface area contributed by atoms with Crippen LogP contribution in [0.3, 0.4) is 0 Å². The van der Waals surface area contributed by atoms with E-state index in [9.17, 15) is 5.11 Å². The third kappa shape index (κ3) is 5.80. The number of aliphatic hydroxyl groups is 1. The Balaban J connectivity index is 1.84. The van der Waals surface area contributed by atoms with Crippen molar-refractivity contribution in [2.24, 2.45) is 0 Å². The van der Waals surface area contributed by atoms with Gasteiger partial charge in [0.25, 0.3) is 0 Å². The van der Waals surface area contributed by atoms with Gasteiger partial charge in [-0.3, -0.25) is 0 Å². The molecule has 2 aromatic carbocycles. The van der Waals surface area contributed by atoms with E-state index < -0.39 is 5.60 Å².